The molecule has 0 radical (unpaired) electrons. The molecule has 204 valence electrons. The molecule has 2 saturated heterocycles. The fraction of sp³-hybridized carbons (Fsp3) is 0.700. The van der Waals surface area contributed by atoms with E-state index in [1.165, 1.54) is 29.3 Å². The van der Waals surface area contributed by atoms with Gasteiger partial charge in [0.15, 0.2) is 0 Å². The highest BCUT2D eigenvalue weighted by Crippen LogP contribution is 2.56. The number of carbonyl (C=O) groups excluding carboxylic acids is 2. The van der Waals surface area contributed by atoms with E-state index in [1.807, 2.05) is 6.92 Å². The van der Waals surface area contributed by atoms with Gasteiger partial charge in [0.25, 0.3) is 0 Å². The van der Waals surface area contributed by atoms with E-state index in [4.69, 9.17) is 4.37 Å². The second-order valence-electron chi connectivity index (χ2n) is 13.1. The second-order valence-corrected chi connectivity index (χ2v) is 13.9. The Kier molecular flexibility index (Phi) is 6.28. The summed E-state index contributed by atoms with van der Waals surface area (Å²) in [4.78, 5) is 33.8. The molecule has 3 unspecified atom stereocenters. The first-order valence-corrected chi connectivity index (χ1v) is 15.5. The number of aliphatic hydroxyl groups is 1. The van der Waals surface area contributed by atoms with Crippen molar-refractivity contribution in [1.29, 1.82) is 0 Å². The lowest BCUT2D eigenvalue weighted by Gasteiger charge is -2.41. The molecule has 3 saturated carbocycles. The number of likely N-dealkylation sites (tertiary alicyclic amines) is 1. The van der Waals surface area contributed by atoms with Gasteiger partial charge in [0.2, 0.25) is 11.8 Å². The Hall–Kier alpha value is -2.03. The maximum Gasteiger partial charge on any atom is 0.233 e. The molecule has 2 aromatic rings. The largest absolute Gasteiger partial charge is 0.390 e. The van der Waals surface area contributed by atoms with E-state index in [-0.39, 0.29) is 35.5 Å². The predicted octanol–water partition coefficient (Wildman–Crippen LogP) is 4.01. The highest BCUT2D eigenvalue weighted by atomic mass is 32.1. The molecule has 8 heteroatoms. The van der Waals surface area contributed by atoms with E-state index in [0.717, 1.165) is 51.4 Å². The van der Waals surface area contributed by atoms with E-state index >= 15 is 0 Å². The highest BCUT2D eigenvalue weighted by molar-refractivity contribution is 7.13. The summed E-state index contributed by atoms with van der Waals surface area (Å²) in [7, 11) is 0. The third kappa shape index (κ3) is 4.27. The fourth-order valence-electron chi connectivity index (χ4n) is 8.84. The molecule has 5 aliphatic rings. The minimum atomic E-state index is -0.728. The first-order valence-electron chi connectivity index (χ1n) is 14.8. The topological polar surface area (TPSA) is 77.0 Å². The third-order valence-electron chi connectivity index (χ3n) is 10.5. The summed E-state index contributed by atoms with van der Waals surface area (Å²) < 4.78 is 6.01. The Balaban J connectivity index is 0.987. The average molecular weight is 537 g/mol. The van der Waals surface area contributed by atoms with Crippen LogP contribution in [0.3, 0.4) is 0 Å². The Morgan fingerprint density at radius 3 is 2.26 bits per heavy atom. The summed E-state index contributed by atoms with van der Waals surface area (Å²) in [6.07, 6.45) is 7.01. The van der Waals surface area contributed by atoms with Crippen LogP contribution >= 0.6 is 11.5 Å². The fourth-order valence-corrected chi connectivity index (χ4v) is 9.63. The first-order chi connectivity index (χ1) is 18.4. The van der Waals surface area contributed by atoms with Gasteiger partial charge in [-0.2, -0.15) is 4.37 Å². The van der Waals surface area contributed by atoms with Crippen molar-refractivity contribution >= 4 is 39.3 Å². The summed E-state index contributed by atoms with van der Waals surface area (Å²) in [5, 5.41) is 11.9. The van der Waals surface area contributed by atoms with Gasteiger partial charge in [-0.05, 0) is 86.4 Å². The van der Waals surface area contributed by atoms with E-state index in [1.54, 1.807) is 16.4 Å². The summed E-state index contributed by atoms with van der Waals surface area (Å²) >= 11 is 1.59. The van der Waals surface area contributed by atoms with Gasteiger partial charge in [0, 0.05) is 44.7 Å². The van der Waals surface area contributed by atoms with E-state index in [0.29, 0.717) is 31.2 Å². The minimum Gasteiger partial charge on any atom is -0.390 e. The number of imide groups is 1. The molecule has 1 aromatic heterocycles. The summed E-state index contributed by atoms with van der Waals surface area (Å²) in [5.41, 5.74) is -0.728. The molecule has 7 atom stereocenters. The molecule has 2 amide bonds. The summed E-state index contributed by atoms with van der Waals surface area (Å²) in [6, 6.07) is 8.50. The number of fused-ring (bicyclic) bond motifs is 6. The van der Waals surface area contributed by atoms with E-state index < -0.39 is 5.60 Å². The average Bonchev–Trinajstić information content (AvgIpc) is 3.53. The van der Waals surface area contributed by atoms with Crippen LogP contribution in [0.25, 0.3) is 10.1 Å². The monoisotopic (exact) mass is 536 g/mol. The lowest BCUT2D eigenvalue weighted by atomic mass is 9.76. The van der Waals surface area contributed by atoms with Crippen LogP contribution in [0.1, 0.15) is 51.9 Å². The van der Waals surface area contributed by atoms with Crippen LogP contribution in [-0.2, 0) is 9.59 Å². The molecule has 1 aromatic carbocycles. The van der Waals surface area contributed by atoms with Gasteiger partial charge in [-0.15, -0.1) is 0 Å². The Morgan fingerprint density at radius 1 is 0.947 bits per heavy atom. The van der Waals surface area contributed by atoms with Crippen molar-refractivity contribution in [3.8, 4) is 0 Å². The van der Waals surface area contributed by atoms with Crippen molar-refractivity contribution < 1.29 is 14.7 Å². The molecule has 1 N–H and O–H groups in total. The van der Waals surface area contributed by atoms with Crippen molar-refractivity contribution in [2.75, 3.05) is 44.2 Å². The number of piperazine rings is 1. The van der Waals surface area contributed by atoms with E-state index in [2.05, 4.69) is 34.1 Å². The Morgan fingerprint density at radius 2 is 1.58 bits per heavy atom. The lowest BCUT2D eigenvalue weighted by molar-refractivity contribution is -0.143. The van der Waals surface area contributed by atoms with Crippen molar-refractivity contribution in [3.05, 3.63) is 24.3 Å². The van der Waals surface area contributed by atoms with Gasteiger partial charge in [0.05, 0.1) is 22.1 Å². The number of amides is 2. The zero-order chi connectivity index (χ0) is 26.0. The van der Waals surface area contributed by atoms with E-state index in [9.17, 15) is 14.7 Å². The van der Waals surface area contributed by atoms with Crippen LogP contribution in [0.5, 0.6) is 0 Å². The zero-order valence-corrected chi connectivity index (χ0v) is 23.2. The normalized spacial score (nSPS) is 37.8. The van der Waals surface area contributed by atoms with Gasteiger partial charge < -0.3 is 10.0 Å². The number of benzene rings is 1. The smallest absolute Gasteiger partial charge is 0.233 e. The number of hydrogen-bond donors (Lipinski definition) is 1. The number of anilines is 1. The van der Waals surface area contributed by atoms with Crippen LogP contribution < -0.4 is 4.90 Å². The van der Waals surface area contributed by atoms with Gasteiger partial charge in [-0.3, -0.25) is 19.4 Å². The SMILES string of the molecule is CC1(O)C[C@H]2C[C@@H](C1)[C@@H]1C(=O)N(CC3CCCCC3CN3CCN(c4nsc5ccccc45)CC3)C(=O)[C@H]21. The molecule has 7 nitrogen and oxygen atoms in total. The Labute approximate surface area is 229 Å². The zero-order valence-electron chi connectivity index (χ0n) is 22.4. The number of rotatable bonds is 5. The van der Waals surface area contributed by atoms with Crippen molar-refractivity contribution in [3.63, 3.8) is 0 Å². The predicted molar refractivity (Wildman–Crippen MR) is 149 cm³/mol. The number of aromatic nitrogens is 1. The standard InChI is InChI=1S/C30H40N4O3S/c1-30(37)15-21-14-22(16-30)26-25(21)28(35)34(29(26)36)18-20-7-3-2-6-19(20)17-32-10-12-33(13-11-32)27-23-8-4-5-9-24(23)38-31-27/h4-5,8-9,19-22,25-26,37H,2-3,6-7,10-18H2,1H3/t19?,20?,21-,22+,25-,26+,30?. The van der Waals surface area contributed by atoms with Gasteiger partial charge >= 0.3 is 0 Å². The van der Waals surface area contributed by atoms with Crippen molar-refractivity contribution in [2.24, 2.45) is 35.5 Å². The number of carbonyl (C=O) groups is 2. The second kappa shape index (κ2) is 9.56. The summed E-state index contributed by atoms with van der Waals surface area (Å²) in [5.74, 6) is 2.18. The van der Waals surface area contributed by atoms with Crippen molar-refractivity contribution in [2.45, 2.75) is 57.5 Å². The molecule has 3 heterocycles. The van der Waals surface area contributed by atoms with Crippen LogP contribution in [0, 0.1) is 35.5 Å². The quantitative estimate of drug-likeness (QED) is 0.582. The van der Waals surface area contributed by atoms with Gasteiger partial charge in [-0.25, -0.2) is 0 Å². The minimum absolute atomic E-state index is 0.0682. The first kappa shape index (κ1) is 25.0. The van der Waals surface area contributed by atoms with Crippen LogP contribution in [0.15, 0.2) is 24.3 Å². The van der Waals surface area contributed by atoms with Crippen LogP contribution in [0.2, 0.25) is 0 Å². The molecule has 5 fully saturated rings. The molecule has 2 aliphatic heterocycles. The molecule has 0 spiro atoms. The maximum atomic E-state index is 13.6. The molecule has 7 rings (SSSR count). The maximum absolute atomic E-state index is 13.6. The third-order valence-corrected chi connectivity index (χ3v) is 11.3. The Bertz CT molecular complexity index is 1190. The van der Waals surface area contributed by atoms with Gasteiger partial charge in [0.1, 0.15) is 5.82 Å². The molecule has 2 bridgehead atoms. The number of nitrogens with zero attached hydrogens (tertiary/aromatic N) is 4. The lowest BCUT2D eigenvalue weighted by Crippen LogP contribution is -2.50. The molecular formula is C30H40N4O3S. The highest BCUT2D eigenvalue weighted by Gasteiger charge is 2.62. The summed E-state index contributed by atoms with van der Waals surface area (Å²) in [6.45, 7) is 7.59. The molecular weight excluding hydrogens is 496 g/mol. The molecule has 3 aliphatic carbocycles. The van der Waals surface area contributed by atoms with Crippen LogP contribution in [0.4, 0.5) is 5.82 Å². The van der Waals surface area contributed by atoms with Crippen LogP contribution in [-0.4, -0.2) is 76.0 Å². The molecule has 38 heavy (non-hydrogen) atoms. The van der Waals surface area contributed by atoms with Crippen molar-refractivity contribution in [1.82, 2.24) is 14.2 Å². The van der Waals surface area contributed by atoms with Gasteiger partial charge in [-0.1, -0.05) is 25.0 Å². The number of hydrogen-bond acceptors (Lipinski definition) is 7.